The quantitative estimate of drug-likeness (QED) is 0.664. The molecule has 2 aromatic rings. The third kappa shape index (κ3) is 3.55. The number of allylic oxidation sites excluding steroid dienone is 1. The molecule has 0 aliphatic carbocycles. The van der Waals surface area contributed by atoms with E-state index in [0.29, 0.717) is 43.9 Å². The Morgan fingerprint density at radius 1 is 1.22 bits per heavy atom. The summed E-state index contributed by atoms with van der Waals surface area (Å²) in [6, 6.07) is 2.39. The zero-order valence-corrected chi connectivity index (χ0v) is 15.7. The maximum atomic E-state index is 13.8. The summed E-state index contributed by atoms with van der Waals surface area (Å²) in [5.74, 6) is -1.50. The molecule has 2 heterocycles. The van der Waals surface area contributed by atoms with E-state index in [4.69, 9.17) is 10.8 Å². The van der Waals surface area contributed by atoms with Crippen molar-refractivity contribution in [1.29, 1.82) is 10.8 Å². The average molecular weight is 389 g/mol. The monoisotopic (exact) mass is 389 g/mol. The summed E-state index contributed by atoms with van der Waals surface area (Å²) < 4.78 is 32.4. The molecule has 3 rings (SSSR count). The lowest BCUT2D eigenvalue weighted by molar-refractivity contribution is 0.359. The number of hydrogen-bond acceptors (Lipinski definition) is 7. The summed E-state index contributed by atoms with van der Waals surface area (Å²) >= 11 is 1.19. The van der Waals surface area contributed by atoms with Crippen molar-refractivity contribution in [3.63, 3.8) is 0 Å². The molecule has 0 radical (unpaired) electrons. The summed E-state index contributed by atoms with van der Waals surface area (Å²) in [7, 11) is 1.21. The molecule has 27 heavy (non-hydrogen) atoms. The van der Waals surface area contributed by atoms with Gasteiger partial charge in [0.25, 0.3) is 0 Å². The molecule has 1 aromatic heterocycles. The highest BCUT2D eigenvalue weighted by Gasteiger charge is 2.29. The van der Waals surface area contributed by atoms with Crippen LogP contribution in [0.3, 0.4) is 0 Å². The topological polar surface area (TPSA) is 94.7 Å². The number of aromatic nitrogens is 2. The van der Waals surface area contributed by atoms with Crippen molar-refractivity contribution in [2.45, 2.75) is 25.3 Å². The van der Waals surface area contributed by atoms with Crippen LogP contribution < -0.4 is 10.1 Å². The highest BCUT2D eigenvalue weighted by Crippen LogP contribution is 2.44. The lowest BCUT2D eigenvalue weighted by Crippen LogP contribution is -2.06. The number of fused-ring (bicyclic) bond motifs is 1. The smallest absolute Gasteiger partial charge is 0.190 e. The molecule has 140 valence electrons. The van der Waals surface area contributed by atoms with E-state index in [-0.39, 0.29) is 6.54 Å². The van der Waals surface area contributed by atoms with Crippen molar-refractivity contribution < 1.29 is 13.5 Å². The van der Waals surface area contributed by atoms with E-state index < -0.39 is 17.4 Å². The van der Waals surface area contributed by atoms with Crippen LogP contribution in [0.2, 0.25) is 0 Å². The Morgan fingerprint density at radius 3 is 2.48 bits per heavy atom. The van der Waals surface area contributed by atoms with Gasteiger partial charge in [-0.1, -0.05) is 11.8 Å². The molecule has 0 amide bonds. The number of thioether (sulfide) groups is 1. The van der Waals surface area contributed by atoms with E-state index in [1.807, 2.05) is 0 Å². The second-order valence-corrected chi connectivity index (χ2v) is 6.92. The highest BCUT2D eigenvalue weighted by molar-refractivity contribution is 8.15. The number of rotatable bonds is 5. The van der Waals surface area contributed by atoms with E-state index >= 15 is 0 Å². The molecule has 3 N–H and O–H groups in total. The van der Waals surface area contributed by atoms with Crippen LogP contribution in [-0.4, -0.2) is 27.8 Å². The van der Waals surface area contributed by atoms with Crippen LogP contribution in [0.5, 0.6) is 5.75 Å². The van der Waals surface area contributed by atoms with Gasteiger partial charge < -0.3 is 15.5 Å². The van der Waals surface area contributed by atoms with Crippen molar-refractivity contribution in [1.82, 2.24) is 9.97 Å². The standard InChI is InChI=1S/C18H17F2N5OS/c1-8(9(2)21)13-14-16(27-17(13)22)18(25-7-24-14)23-6-10-4-11(19)15(26-3)12(20)5-10/h4-5,7,21-22H,6H2,1-3H3,(H,23,24,25)/b13-8-,21-9?,22-17?. The molecule has 0 atom stereocenters. The van der Waals surface area contributed by atoms with Gasteiger partial charge in [0.2, 0.25) is 0 Å². The highest BCUT2D eigenvalue weighted by atomic mass is 32.2. The lowest BCUT2D eigenvalue weighted by atomic mass is 10.0. The number of methoxy groups -OCH3 is 1. The Morgan fingerprint density at radius 2 is 1.89 bits per heavy atom. The van der Waals surface area contributed by atoms with Crippen LogP contribution in [0.1, 0.15) is 25.1 Å². The van der Waals surface area contributed by atoms with Crippen LogP contribution >= 0.6 is 11.8 Å². The number of nitrogens with one attached hydrogen (secondary N) is 3. The zero-order valence-electron chi connectivity index (χ0n) is 14.9. The van der Waals surface area contributed by atoms with E-state index in [1.54, 1.807) is 13.8 Å². The van der Waals surface area contributed by atoms with Crippen LogP contribution in [0.25, 0.3) is 5.57 Å². The minimum Gasteiger partial charge on any atom is -0.491 e. The summed E-state index contributed by atoms with van der Waals surface area (Å²) in [5.41, 5.74) is 2.61. The fourth-order valence-corrected chi connectivity index (χ4v) is 3.69. The lowest BCUT2D eigenvalue weighted by Gasteiger charge is -2.11. The molecular weight excluding hydrogens is 372 g/mol. The van der Waals surface area contributed by atoms with Gasteiger partial charge in [0, 0.05) is 17.8 Å². The van der Waals surface area contributed by atoms with Gasteiger partial charge in [-0.05, 0) is 37.1 Å². The summed E-state index contributed by atoms with van der Waals surface area (Å²) in [6.45, 7) is 3.57. The Balaban J connectivity index is 1.90. The molecule has 0 unspecified atom stereocenters. The van der Waals surface area contributed by atoms with Gasteiger partial charge in [0.15, 0.2) is 17.4 Å². The van der Waals surface area contributed by atoms with Gasteiger partial charge in [-0.25, -0.2) is 18.7 Å². The van der Waals surface area contributed by atoms with Gasteiger partial charge in [-0.3, -0.25) is 5.41 Å². The largest absolute Gasteiger partial charge is 0.491 e. The first-order valence-corrected chi connectivity index (χ1v) is 8.79. The first-order chi connectivity index (χ1) is 12.8. The molecule has 0 fully saturated rings. The number of halogens is 2. The van der Waals surface area contributed by atoms with E-state index in [0.717, 1.165) is 0 Å². The Labute approximate surface area is 159 Å². The first kappa shape index (κ1) is 19.0. The van der Waals surface area contributed by atoms with Gasteiger partial charge in [-0.15, -0.1) is 0 Å². The van der Waals surface area contributed by atoms with Gasteiger partial charge in [0.1, 0.15) is 17.2 Å². The van der Waals surface area contributed by atoms with Crippen LogP contribution in [0.4, 0.5) is 14.6 Å². The number of ether oxygens (including phenoxy) is 1. The van der Waals surface area contributed by atoms with E-state index in [1.165, 1.54) is 37.3 Å². The maximum Gasteiger partial charge on any atom is 0.190 e. The third-order valence-electron chi connectivity index (χ3n) is 4.13. The number of hydrogen-bond donors (Lipinski definition) is 3. The van der Waals surface area contributed by atoms with Gasteiger partial charge >= 0.3 is 0 Å². The maximum absolute atomic E-state index is 13.8. The molecule has 0 saturated carbocycles. The second kappa shape index (κ2) is 7.43. The minimum atomic E-state index is -0.777. The fraction of sp³-hybridized carbons (Fsp3) is 0.222. The normalized spacial score (nSPS) is 14.8. The molecule has 0 saturated heterocycles. The number of nitrogens with zero attached hydrogens (tertiary/aromatic N) is 2. The van der Waals surface area contributed by atoms with Crippen LogP contribution in [0.15, 0.2) is 28.9 Å². The fourth-order valence-electron chi connectivity index (χ4n) is 2.67. The summed E-state index contributed by atoms with van der Waals surface area (Å²) in [6.07, 6.45) is 1.36. The number of anilines is 1. The van der Waals surface area contributed by atoms with Crippen molar-refractivity contribution in [2.24, 2.45) is 0 Å². The second-order valence-electron chi connectivity index (χ2n) is 5.90. The van der Waals surface area contributed by atoms with Crippen LogP contribution in [0, 0.1) is 22.5 Å². The Hall–Kier alpha value is -2.81. The predicted molar refractivity (Wildman–Crippen MR) is 102 cm³/mol. The van der Waals surface area contributed by atoms with Crippen molar-refractivity contribution >= 4 is 33.9 Å². The van der Waals surface area contributed by atoms with E-state index in [9.17, 15) is 8.78 Å². The molecular formula is C18H17F2N5OS. The third-order valence-corrected chi connectivity index (χ3v) is 5.13. The van der Waals surface area contributed by atoms with Gasteiger partial charge in [0.05, 0.1) is 17.7 Å². The molecule has 1 aliphatic rings. The first-order valence-electron chi connectivity index (χ1n) is 7.97. The van der Waals surface area contributed by atoms with E-state index in [2.05, 4.69) is 20.0 Å². The van der Waals surface area contributed by atoms with Crippen molar-refractivity contribution in [3.05, 3.63) is 46.9 Å². The summed E-state index contributed by atoms with van der Waals surface area (Å²) in [5, 5.41) is 19.4. The van der Waals surface area contributed by atoms with Crippen molar-refractivity contribution in [2.75, 3.05) is 12.4 Å². The predicted octanol–water partition coefficient (Wildman–Crippen LogP) is 4.27. The number of benzene rings is 1. The molecule has 0 spiro atoms. The Kier molecular flexibility index (Phi) is 5.22. The molecule has 6 nitrogen and oxygen atoms in total. The Bertz CT molecular complexity index is 967. The molecule has 9 heteroatoms. The molecule has 0 bridgehead atoms. The van der Waals surface area contributed by atoms with Crippen molar-refractivity contribution in [3.8, 4) is 5.75 Å². The molecule has 1 aliphatic heterocycles. The van der Waals surface area contributed by atoms with Crippen LogP contribution in [-0.2, 0) is 6.54 Å². The average Bonchev–Trinajstić information content (AvgIpc) is 2.95. The SMILES string of the molecule is COc1c(F)cc(CNc2ncnc3c2SC(=N)/C3=C(/C)C(C)=N)cc1F. The van der Waals surface area contributed by atoms with Gasteiger partial charge in [-0.2, -0.15) is 0 Å². The zero-order chi connectivity index (χ0) is 19.7. The molecule has 1 aromatic carbocycles. The minimum absolute atomic E-state index is 0.136. The summed E-state index contributed by atoms with van der Waals surface area (Å²) in [4.78, 5) is 9.11.